The summed E-state index contributed by atoms with van der Waals surface area (Å²) < 4.78 is 31.0. The van der Waals surface area contributed by atoms with E-state index in [0.717, 1.165) is 5.56 Å². The summed E-state index contributed by atoms with van der Waals surface area (Å²) in [6, 6.07) is 14.9. The molecule has 4 rings (SSSR count). The van der Waals surface area contributed by atoms with Crippen LogP contribution in [0.25, 0.3) is 22.3 Å². The van der Waals surface area contributed by atoms with E-state index in [1.807, 2.05) is 12.1 Å². The third-order valence-electron chi connectivity index (χ3n) is 5.16. The maximum atomic E-state index is 13.2. The van der Waals surface area contributed by atoms with E-state index in [-0.39, 0.29) is 5.75 Å². The molecule has 0 saturated heterocycles. The highest BCUT2D eigenvalue weighted by atomic mass is 35.5. The molecule has 7 nitrogen and oxygen atoms in total. The summed E-state index contributed by atoms with van der Waals surface area (Å²) in [5.74, 6) is -0.458. The van der Waals surface area contributed by atoms with Crippen LogP contribution in [0.4, 0.5) is 8.78 Å². The van der Waals surface area contributed by atoms with E-state index >= 15 is 0 Å². The first-order valence-corrected chi connectivity index (χ1v) is 10.6. The lowest BCUT2D eigenvalue weighted by Crippen LogP contribution is -2.20. The summed E-state index contributed by atoms with van der Waals surface area (Å²) in [5.41, 5.74) is 6.41. The molecule has 1 N–H and O–H groups in total. The lowest BCUT2D eigenvalue weighted by Gasteiger charge is -2.09. The van der Waals surface area contributed by atoms with Crippen molar-refractivity contribution in [1.29, 1.82) is 0 Å². The number of hydrogen-bond donors (Lipinski definition) is 1. The number of rotatable bonds is 6. The highest BCUT2D eigenvalue weighted by molar-refractivity contribution is 6.30. The van der Waals surface area contributed by atoms with Crippen LogP contribution < -0.4 is 10.2 Å². The van der Waals surface area contributed by atoms with Crippen LogP contribution in [0.2, 0.25) is 5.02 Å². The normalized spacial score (nSPS) is 11.8. The van der Waals surface area contributed by atoms with Crippen molar-refractivity contribution in [3.05, 3.63) is 76.4 Å². The number of carbonyl (C=O) groups is 1. The van der Waals surface area contributed by atoms with Gasteiger partial charge in [-0.25, -0.2) is 10.4 Å². The van der Waals surface area contributed by atoms with E-state index < -0.39 is 12.5 Å². The number of amides is 1. The van der Waals surface area contributed by atoms with Crippen LogP contribution >= 0.6 is 11.6 Å². The topological polar surface area (TPSA) is 81.4 Å². The number of nitrogens with one attached hydrogen (secondary N) is 1. The standard InChI is InChI=1S/C24H20ClF2N5O2/c1-13(16-5-4-6-18(11-16)34-24(26)27)29-30-23(33)19-12-20(15-7-9-17(25)10-8-15)28-22-21(19)14(2)31-32(22)3/h4-12,24H,1-3H3,(H,30,33)/b29-13-. The number of halogens is 3. The Hall–Kier alpha value is -3.85. The molecule has 34 heavy (non-hydrogen) atoms. The first-order valence-electron chi connectivity index (χ1n) is 10.2. The molecule has 10 heteroatoms. The van der Waals surface area contributed by atoms with Crippen molar-refractivity contribution in [2.45, 2.75) is 20.5 Å². The van der Waals surface area contributed by atoms with Crippen molar-refractivity contribution in [2.75, 3.05) is 0 Å². The first kappa shape index (κ1) is 23.3. The van der Waals surface area contributed by atoms with Crippen molar-refractivity contribution in [3.8, 4) is 17.0 Å². The van der Waals surface area contributed by atoms with E-state index in [1.165, 1.54) is 12.1 Å². The molecule has 0 aliphatic rings. The van der Waals surface area contributed by atoms with Gasteiger partial charge in [-0.3, -0.25) is 9.48 Å². The van der Waals surface area contributed by atoms with Crippen molar-refractivity contribution in [3.63, 3.8) is 0 Å². The Morgan fingerprint density at radius 2 is 1.91 bits per heavy atom. The van der Waals surface area contributed by atoms with Crippen LogP contribution in [0.3, 0.4) is 0 Å². The molecule has 0 spiro atoms. The van der Waals surface area contributed by atoms with Gasteiger partial charge >= 0.3 is 6.61 Å². The highest BCUT2D eigenvalue weighted by Gasteiger charge is 2.19. The molecule has 2 aromatic carbocycles. The minimum absolute atomic E-state index is 0.00260. The molecule has 4 aromatic rings. The highest BCUT2D eigenvalue weighted by Crippen LogP contribution is 2.27. The van der Waals surface area contributed by atoms with Crippen LogP contribution in [-0.4, -0.2) is 33.0 Å². The molecule has 1 amide bonds. The second-order valence-electron chi connectivity index (χ2n) is 7.51. The first-order chi connectivity index (χ1) is 16.2. The average Bonchev–Trinajstić information content (AvgIpc) is 3.10. The van der Waals surface area contributed by atoms with Crippen molar-refractivity contribution in [1.82, 2.24) is 20.2 Å². The van der Waals surface area contributed by atoms with Gasteiger partial charge in [0.05, 0.1) is 28.0 Å². The summed E-state index contributed by atoms with van der Waals surface area (Å²) >= 11 is 6.00. The van der Waals surface area contributed by atoms with Crippen LogP contribution in [0.5, 0.6) is 5.75 Å². The van der Waals surface area contributed by atoms with Crippen LogP contribution in [0.1, 0.15) is 28.5 Å². The summed E-state index contributed by atoms with van der Waals surface area (Å²) in [7, 11) is 1.76. The van der Waals surface area contributed by atoms with Gasteiger partial charge in [-0.05, 0) is 44.2 Å². The predicted octanol–water partition coefficient (Wildman–Crippen LogP) is 5.35. The largest absolute Gasteiger partial charge is 0.435 e. The number of hydrazone groups is 1. The lowest BCUT2D eigenvalue weighted by molar-refractivity contribution is -0.0498. The van der Waals surface area contributed by atoms with E-state index in [2.05, 4.69) is 25.3 Å². The van der Waals surface area contributed by atoms with Crippen LogP contribution in [0.15, 0.2) is 59.7 Å². The second-order valence-corrected chi connectivity index (χ2v) is 7.95. The molecule has 0 radical (unpaired) electrons. The molecule has 174 valence electrons. The van der Waals surface area contributed by atoms with Gasteiger partial charge in [0, 0.05) is 23.2 Å². The number of nitrogens with zero attached hydrogens (tertiary/aromatic N) is 4. The number of ether oxygens (including phenoxy) is 1. The van der Waals surface area contributed by atoms with Gasteiger partial charge in [0.1, 0.15) is 5.75 Å². The van der Waals surface area contributed by atoms with Crippen LogP contribution in [-0.2, 0) is 7.05 Å². The molecule has 0 saturated carbocycles. The Kier molecular flexibility index (Phi) is 6.56. The zero-order chi connectivity index (χ0) is 24.4. The zero-order valence-corrected chi connectivity index (χ0v) is 19.3. The summed E-state index contributed by atoms with van der Waals surface area (Å²) in [5, 5.41) is 9.76. The Bertz CT molecular complexity index is 1400. The number of alkyl halides is 2. The van der Waals surface area contributed by atoms with Crippen molar-refractivity contribution >= 4 is 34.3 Å². The molecule has 0 fully saturated rings. The molecule has 2 aromatic heterocycles. The number of aromatic nitrogens is 3. The monoisotopic (exact) mass is 483 g/mol. The molecule has 0 bridgehead atoms. The zero-order valence-electron chi connectivity index (χ0n) is 18.5. The molecular weight excluding hydrogens is 464 g/mol. The van der Waals surface area contributed by atoms with Crippen molar-refractivity contribution < 1.29 is 18.3 Å². The van der Waals surface area contributed by atoms with Gasteiger partial charge in [-0.2, -0.15) is 19.0 Å². The van der Waals surface area contributed by atoms with E-state index in [4.69, 9.17) is 11.6 Å². The Labute approximate surface area is 199 Å². The second kappa shape index (κ2) is 9.56. The molecule has 0 unspecified atom stereocenters. The van der Waals surface area contributed by atoms with Gasteiger partial charge < -0.3 is 4.74 Å². The molecule has 0 aliphatic carbocycles. The number of fused-ring (bicyclic) bond motifs is 1. The maximum Gasteiger partial charge on any atom is 0.387 e. The fourth-order valence-corrected chi connectivity index (χ4v) is 3.68. The van der Waals surface area contributed by atoms with E-state index in [0.29, 0.717) is 44.3 Å². The molecule has 2 heterocycles. The Morgan fingerprint density at radius 3 is 2.62 bits per heavy atom. The number of pyridine rings is 1. The maximum absolute atomic E-state index is 13.2. The lowest BCUT2D eigenvalue weighted by atomic mass is 10.1. The predicted molar refractivity (Wildman–Crippen MR) is 126 cm³/mol. The SMILES string of the molecule is C/C(=N/NC(=O)c1cc(-c2ccc(Cl)cc2)nc2c1c(C)nn2C)c1cccc(OC(F)F)c1. The molecular formula is C24H20ClF2N5O2. The van der Waals surface area contributed by atoms with E-state index in [1.54, 1.807) is 55.9 Å². The third kappa shape index (κ3) is 4.89. The van der Waals surface area contributed by atoms with Gasteiger partial charge in [0.15, 0.2) is 5.65 Å². The van der Waals surface area contributed by atoms with Crippen LogP contribution in [0, 0.1) is 6.92 Å². The Morgan fingerprint density at radius 1 is 1.18 bits per heavy atom. The fourth-order valence-electron chi connectivity index (χ4n) is 3.55. The fraction of sp³-hybridized carbons (Fsp3) is 0.167. The minimum Gasteiger partial charge on any atom is -0.435 e. The summed E-state index contributed by atoms with van der Waals surface area (Å²) in [6.07, 6.45) is 0. The molecule has 0 aliphatic heterocycles. The van der Waals surface area contributed by atoms with Gasteiger partial charge in [-0.15, -0.1) is 0 Å². The van der Waals surface area contributed by atoms with Gasteiger partial charge in [0.2, 0.25) is 0 Å². The quantitative estimate of drug-likeness (QED) is 0.296. The summed E-state index contributed by atoms with van der Waals surface area (Å²) in [6.45, 7) is 0.517. The van der Waals surface area contributed by atoms with Gasteiger partial charge in [-0.1, -0.05) is 35.9 Å². The average molecular weight is 484 g/mol. The number of aryl methyl sites for hydroxylation is 2. The Balaban J connectivity index is 1.69. The summed E-state index contributed by atoms with van der Waals surface area (Å²) in [4.78, 5) is 17.9. The number of hydrogen-bond acceptors (Lipinski definition) is 5. The third-order valence-corrected chi connectivity index (χ3v) is 5.41. The molecule has 0 atom stereocenters. The van der Waals surface area contributed by atoms with Gasteiger partial charge in [0.25, 0.3) is 5.91 Å². The van der Waals surface area contributed by atoms with Crippen molar-refractivity contribution in [2.24, 2.45) is 12.1 Å². The van der Waals surface area contributed by atoms with E-state index in [9.17, 15) is 13.6 Å². The number of benzene rings is 2. The minimum atomic E-state index is -2.93. The number of carbonyl (C=O) groups excluding carboxylic acids is 1. The smallest absolute Gasteiger partial charge is 0.387 e.